The number of likely N-dealkylation sites (tertiary alicyclic amines) is 1. The SMILES string of the molecule is O=C(CN1CCC(NC(=O)c2cc(Cl)ccc2NS(=O)(=O)c2ccc(Oc3ccccc3Cl)cc2)CC1)NC1CC1. The topological polar surface area (TPSA) is 117 Å². The maximum atomic E-state index is 13.2. The number of anilines is 1. The third-order valence-corrected chi connectivity index (χ3v) is 8.83. The highest BCUT2D eigenvalue weighted by atomic mass is 35.5. The number of halogens is 2. The summed E-state index contributed by atoms with van der Waals surface area (Å²) >= 11 is 12.3. The van der Waals surface area contributed by atoms with Gasteiger partial charge in [0.2, 0.25) is 5.91 Å². The zero-order valence-corrected chi connectivity index (χ0v) is 24.4. The fourth-order valence-corrected chi connectivity index (χ4v) is 5.97. The van der Waals surface area contributed by atoms with Gasteiger partial charge in [-0.05, 0) is 80.3 Å². The number of piperidine rings is 1. The molecular weight excluding hydrogens is 587 g/mol. The number of para-hydroxylation sites is 1. The number of amides is 2. The van der Waals surface area contributed by atoms with Gasteiger partial charge in [-0.15, -0.1) is 0 Å². The van der Waals surface area contributed by atoms with Crippen LogP contribution < -0.4 is 20.1 Å². The van der Waals surface area contributed by atoms with Gasteiger partial charge >= 0.3 is 0 Å². The molecule has 0 aromatic heterocycles. The first-order chi connectivity index (χ1) is 19.7. The molecule has 2 aliphatic rings. The van der Waals surface area contributed by atoms with Crippen LogP contribution in [0.4, 0.5) is 5.69 Å². The number of ether oxygens (including phenoxy) is 1. The number of carbonyl (C=O) groups excluding carboxylic acids is 2. The summed E-state index contributed by atoms with van der Waals surface area (Å²) in [6.07, 6.45) is 3.44. The van der Waals surface area contributed by atoms with Crippen molar-refractivity contribution >= 4 is 50.7 Å². The van der Waals surface area contributed by atoms with Crippen LogP contribution in [0.15, 0.2) is 71.6 Å². The lowest BCUT2D eigenvalue weighted by molar-refractivity contribution is -0.122. The second-order valence-corrected chi connectivity index (χ2v) is 12.7. The molecule has 1 aliphatic carbocycles. The van der Waals surface area contributed by atoms with Crippen LogP contribution in [0.3, 0.4) is 0 Å². The molecule has 1 saturated heterocycles. The highest BCUT2D eigenvalue weighted by molar-refractivity contribution is 7.92. The van der Waals surface area contributed by atoms with E-state index in [1.165, 1.54) is 42.5 Å². The first-order valence-corrected chi connectivity index (χ1v) is 15.6. The minimum atomic E-state index is -4.04. The smallest absolute Gasteiger partial charge is 0.261 e. The van der Waals surface area contributed by atoms with Gasteiger partial charge in [0, 0.05) is 30.2 Å². The Kier molecular flexibility index (Phi) is 9.03. The Bertz CT molecular complexity index is 1520. The molecule has 3 aromatic carbocycles. The molecule has 12 heteroatoms. The van der Waals surface area contributed by atoms with Gasteiger partial charge in [-0.25, -0.2) is 8.42 Å². The molecule has 216 valence electrons. The predicted octanol–water partition coefficient (Wildman–Crippen LogP) is 5.06. The summed E-state index contributed by atoms with van der Waals surface area (Å²) in [7, 11) is -4.04. The van der Waals surface area contributed by atoms with Gasteiger partial charge in [0.1, 0.15) is 11.5 Å². The minimum Gasteiger partial charge on any atom is -0.456 e. The molecule has 0 radical (unpaired) electrons. The summed E-state index contributed by atoms with van der Waals surface area (Å²) in [5.74, 6) is 0.467. The molecule has 3 aromatic rings. The van der Waals surface area contributed by atoms with E-state index in [0.29, 0.717) is 60.1 Å². The van der Waals surface area contributed by atoms with Crippen molar-refractivity contribution in [2.45, 2.75) is 42.7 Å². The van der Waals surface area contributed by atoms with Gasteiger partial charge in [-0.2, -0.15) is 0 Å². The third-order valence-electron chi connectivity index (χ3n) is 6.90. The lowest BCUT2D eigenvalue weighted by Crippen LogP contribution is -2.47. The monoisotopic (exact) mass is 616 g/mol. The molecule has 0 unspecified atom stereocenters. The average Bonchev–Trinajstić information content (AvgIpc) is 3.76. The summed E-state index contributed by atoms with van der Waals surface area (Å²) in [6.45, 7) is 1.70. The van der Waals surface area contributed by atoms with Gasteiger partial charge in [-0.3, -0.25) is 19.2 Å². The summed E-state index contributed by atoms with van der Waals surface area (Å²) in [5.41, 5.74) is 0.225. The molecule has 0 bridgehead atoms. The normalized spacial score (nSPS) is 16.1. The van der Waals surface area contributed by atoms with E-state index >= 15 is 0 Å². The van der Waals surface area contributed by atoms with Crippen molar-refractivity contribution in [1.29, 1.82) is 0 Å². The van der Waals surface area contributed by atoms with Crippen LogP contribution in [0.25, 0.3) is 0 Å². The van der Waals surface area contributed by atoms with Gasteiger partial charge in [0.25, 0.3) is 15.9 Å². The van der Waals surface area contributed by atoms with E-state index in [-0.39, 0.29) is 28.1 Å². The van der Waals surface area contributed by atoms with E-state index in [9.17, 15) is 18.0 Å². The number of hydrogen-bond acceptors (Lipinski definition) is 6. The average molecular weight is 618 g/mol. The molecule has 1 aliphatic heterocycles. The van der Waals surface area contributed by atoms with Gasteiger partial charge < -0.3 is 15.4 Å². The summed E-state index contributed by atoms with van der Waals surface area (Å²) in [6, 6.07) is 17.5. The third kappa shape index (κ3) is 7.91. The van der Waals surface area contributed by atoms with Crippen LogP contribution in [0, 0.1) is 0 Å². The first kappa shape index (κ1) is 29.2. The number of nitrogens with one attached hydrogen (secondary N) is 3. The summed E-state index contributed by atoms with van der Waals surface area (Å²) in [5, 5.41) is 6.72. The summed E-state index contributed by atoms with van der Waals surface area (Å²) in [4.78, 5) is 27.4. The number of nitrogens with zero attached hydrogens (tertiary/aromatic N) is 1. The van der Waals surface area contributed by atoms with E-state index in [2.05, 4.69) is 20.3 Å². The zero-order chi connectivity index (χ0) is 29.0. The molecule has 1 saturated carbocycles. The van der Waals surface area contributed by atoms with Crippen molar-refractivity contribution in [2.24, 2.45) is 0 Å². The Morgan fingerprint density at radius 3 is 2.24 bits per heavy atom. The van der Waals surface area contributed by atoms with Crippen molar-refractivity contribution < 1.29 is 22.7 Å². The standard InChI is InChI=1S/C29H30Cl2N4O5S/c30-19-5-12-26(34-41(38,39)23-10-8-22(9-11-23)40-27-4-2-1-3-25(27)31)24(17-19)29(37)33-21-13-15-35(16-14-21)18-28(36)32-20-6-7-20/h1-5,8-12,17,20-21,34H,6-7,13-16,18H2,(H,32,36)(H,33,37). The quantitative estimate of drug-likeness (QED) is 0.293. The maximum Gasteiger partial charge on any atom is 0.261 e. The van der Waals surface area contributed by atoms with Crippen molar-refractivity contribution in [2.75, 3.05) is 24.4 Å². The van der Waals surface area contributed by atoms with E-state index in [4.69, 9.17) is 27.9 Å². The first-order valence-electron chi connectivity index (χ1n) is 13.3. The van der Waals surface area contributed by atoms with Crippen LogP contribution in [0.5, 0.6) is 11.5 Å². The fourth-order valence-electron chi connectivity index (χ4n) is 4.54. The second kappa shape index (κ2) is 12.7. The molecule has 0 atom stereocenters. The van der Waals surface area contributed by atoms with Gasteiger partial charge in [0.15, 0.2) is 0 Å². The number of carbonyl (C=O) groups is 2. The van der Waals surface area contributed by atoms with Crippen LogP contribution in [-0.4, -0.2) is 56.9 Å². The Labute approximate surface area is 249 Å². The van der Waals surface area contributed by atoms with Crippen molar-refractivity contribution in [3.63, 3.8) is 0 Å². The number of rotatable bonds is 10. The molecule has 1 heterocycles. The Morgan fingerprint density at radius 1 is 0.878 bits per heavy atom. The molecule has 3 N–H and O–H groups in total. The summed E-state index contributed by atoms with van der Waals surface area (Å²) < 4.78 is 34.6. The molecule has 0 spiro atoms. The van der Waals surface area contributed by atoms with Gasteiger partial charge in [0.05, 0.1) is 27.7 Å². The highest BCUT2D eigenvalue weighted by Crippen LogP contribution is 2.30. The molecule has 5 rings (SSSR count). The zero-order valence-electron chi connectivity index (χ0n) is 22.1. The number of benzene rings is 3. The highest BCUT2D eigenvalue weighted by Gasteiger charge is 2.27. The Hall–Kier alpha value is -3.31. The largest absolute Gasteiger partial charge is 0.456 e. The molecule has 2 amide bonds. The van der Waals surface area contributed by atoms with E-state index in [1.54, 1.807) is 24.3 Å². The fraction of sp³-hybridized carbons (Fsp3) is 0.310. The minimum absolute atomic E-state index is 0.0107. The second-order valence-electron chi connectivity index (χ2n) is 10.2. The number of hydrogen-bond donors (Lipinski definition) is 3. The van der Waals surface area contributed by atoms with Crippen LogP contribution in [0.1, 0.15) is 36.0 Å². The van der Waals surface area contributed by atoms with Crippen molar-refractivity contribution in [3.05, 3.63) is 82.3 Å². The molecule has 2 fully saturated rings. The van der Waals surface area contributed by atoms with Crippen LogP contribution in [0.2, 0.25) is 10.0 Å². The lowest BCUT2D eigenvalue weighted by atomic mass is 10.0. The number of sulfonamides is 1. The Balaban J connectivity index is 1.21. The predicted molar refractivity (Wildman–Crippen MR) is 158 cm³/mol. The van der Waals surface area contributed by atoms with Crippen molar-refractivity contribution in [3.8, 4) is 11.5 Å². The molecular formula is C29H30Cl2N4O5S. The lowest BCUT2D eigenvalue weighted by Gasteiger charge is -2.32. The van der Waals surface area contributed by atoms with E-state index < -0.39 is 15.9 Å². The Morgan fingerprint density at radius 2 is 1.56 bits per heavy atom. The van der Waals surface area contributed by atoms with E-state index in [0.717, 1.165) is 12.8 Å². The van der Waals surface area contributed by atoms with E-state index in [1.807, 2.05) is 0 Å². The van der Waals surface area contributed by atoms with Crippen LogP contribution in [-0.2, 0) is 14.8 Å². The van der Waals surface area contributed by atoms with Crippen LogP contribution >= 0.6 is 23.2 Å². The molecule has 9 nitrogen and oxygen atoms in total. The van der Waals surface area contributed by atoms with Crippen molar-refractivity contribution in [1.82, 2.24) is 15.5 Å². The maximum absolute atomic E-state index is 13.2. The van der Waals surface area contributed by atoms with Gasteiger partial charge in [-0.1, -0.05) is 35.3 Å². The molecule has 41 heavy (non-hydrogen) atoms.